The summed E-state index contributed by atoms with van der Waals surface area (Å²) in [4.78, 5) is 11.0. The van der Waals surface area contributed by atoms with Gasteiger partial charge in [-0.25, -0.2) is 9.97 Å². The number of nitrogens with zero attached hydrogens (tertiary/aromatic N) is 3. The van der Waals surface area contributed by atoms with E-state index in [0.29, 0.717) is 6.54 Å². The number of ether oxygens (including phenoxy) is 1. The van der Waals surface area contributed by atoms with Gasteiger partial charge in [0.2, 0.25) is 0 Å². The molecule has 106 valence electrons. The lowest BCUT2D eigenvalue weighted by molar-refractivity contribution is 0.0645. The van der Waals surface area contributed by atoms with Crippen molar-refractivity contribution in [2.75, 3.05) is 38.8 Å². The van der Waals surface area contributed by atoms with Crippen molar-refractivity contribution < 1.29 is 4.74 Å². The molecule has 2 heterocycles. The van der Waals surface area contributed by atoms with Crippen LogP contribution in [-0.4, -0.2) is 43.8 Å². The monoisotopic (exact) mass is 264 g/mol. The number of anilines is 1. The lowest BCUT2D eigenvalue weighted by Gasteiger charge is -2.25. The molecule has 1 aliphatic heterocycles. The molecular formula is C14H24N4O. The van der Waals surface area contributed by atoms with E-state index >= 15 is 0 Å². The van der Waals surface area contributed by atoms with E-state index in [0.717, 1.165) is 37.3 Å². The zero-order valence-electron chi connectivity index (χ0n) is 11.9. The fourth-order valence-corrected chi connectivity index (χ4v) is 2.37. The van der Waals surface area contributed by atoms with E-state index in [1.54, 1.807) is 0 Å². The van der Waals surface area contributed by atoms with Crippen LogP contribution in [-0.2, 0) is 11.3 Å². The molecule has 1 saturated heterocycles. The number of nitrogens with one attached hydrogen (secondary N) is 1. The van der Waals surface area contributed by atoms with Crippen LogP contribution in [0.4, 0.5) is 5.82 Å². The van der Waals surface area contributed by atoms with E-state index in [-0.39, 0.29) is 0 Å². The van der Waals surface area contributed by atoms with Crippen molar-refractivity contribution in [2.45, 2.75) is 25.8 Å². The Morgan fingerprint density at radius 2 is 2.21 bits per heavy atom. The summed E-state index contributed by atoms with van der Waals surface area (Å²) in [7, 11) is 4.01. The van der Waals surface area contributed by atoms with Gasteiger partial charge in [0.25, 0.3) is 0 Å². The third-order valence-electron chi connectivity index (χ3n) is 3.63. The zero-order chi connectivity index (χ0) is 13.5. The Bertz CT molecular complexity index is 379. The van der Waals surface area contributed by atoms with Crippen LogP contribution in [0.3, 0.4) is 0 Å². The van der Waals surface area contributed by atoms with Gasteiger partial charge in [-0.2, -0.15) is 0 Å². The summed E-state index contributed by atoms with van der Waals surface area (Å²) in [6.07, 6.45) is 5.44. The zero-order valence-corrected chi connectivity index (χ0v) is 11.9. The normalized spacial score (nSPS) is 16.5. The molecule has 5 heteroatoms. The number of hydrogen-bond donors (Lipinski definition) is 1. The molecule has 0 atom stereocenters. The summed E-state index contributed by atoms with van der Waals surface area (Å²) in [5.74, 6) is 2.65. The van der Waals surface area contributed by atoms with Crippen molar-refractivity contribution in [1.29, 1.82) is 0 Å². The predicted molar refractivity (Wildman–Crippen MR) is 76.2 cm³/mol. The van der Waals surface area contributed by atoms with Gasteiger partial charge < -0.3 is 15.0 Å². The van der Waals surface area contributed by atoms with Crippen molar-refractivity contribution in [2.24, 2.45) is 5.92 Å². The van der Waals surface area contributed by atoms with Crippen LogP contribution in [0, 0.1) is 5.92 Å². The van der Waals surface area contributed by atoms with E-state index < -0.39 is 0 Å². The van der Waals surface area contributed by atoms with Crippen LogP contribution in [0.2, 0.25) is 0 Å². The first-order chi connectivity index (χ1) is 9.29. The topological polar surface area (TPSA) is 50.3 Å². The molecule has 0 aliphatic carbocycles. The molecule has 0 spiro atoms. The van der Waals surface area contributed by atoms with Crippen LogP contribution >= 0.6 is 0 Å². The number of rotatable bonds is 6. The Morgan fingerprint density at radius 3 is 2.95 bits per heavy atom. The first kappa shape index (κ1) is 14.2. The summed E-state index contributed by atoms with van der Waals surface area (Å²) in [5.41, 5.74) is 0. The molecule has 0 amide bonds. The molecule has 0 aromatic carbocycles. The number of hydrogen-bond acceptors (Lipinski definition) is 5. The minimum atomic E-state index is 0.710. The molecule has 1 fully saturated rings. The van der Waals surface area contributed by atoms with Gasteiger partial charge in [0.1, 0.15) is 11.6 Å². The Labute approximate surface area is 115 Å². The first-order valence-electron chi connectivity index (χ1n) is 7.05. The SMILES string of the molecule is CNCc1nccc(N(C)CCC2CCOCC2)n1. The maximum Gasteiger partial charge on any atom is 0.144 e. The van der Waals surface area contributed by atoms with Gasteiger partial charge in [-0.05, 0) is 38.3 Å². The molecule has 5 nitrogen and oxygen atoms in total. The lowest BCUT2D eigenvalue weighted by atomic mass is 9.96. The van der Waals surface area contributed by atoms with Gasteiger partial charge in [-0.1, -0.05) is 0 Å². The summed E-state index contributed by atoms with van der Waals surface area (Å²) in [5, 5.41) is 3.08. The maximum atomic E-state index is 5.39. The minimum absolute atomic E-state index is 0.710. The second kappa shape index (κ2) is 7.40. The van der Waals surface area contributed by atoms with Gasteiger partial charge in [0, 0.05) is 33.0 Å². The smallest absolute Gasteiger partial charge is 0.144 e. The van der Waals surface area contributed by atoms with Crippen LogP contribution in [0.1, 0.15) is 25.1 Å². The van der Waals surface area contributed by atoms with Crippen molar-refractivity contribution in [3.05, 3.63) is 18.1 Å². The highest BCUT2D eigenvalue weighted by molar-refractivity contribution is 5.36. The molecule has 1 aromatic rings. The minimum Gasteiger partial charge on any atom is -0.381 e. The highest BCUT2D eigenvalue weighted by Gasteiger charge is 2.14. The average molecular weight is 264 g/mol. The van der Waals surface area contributed by atoms with Crippen molar-refractivity contribution in [3.8, 4) is 0 Å². The van der Waals surface area contributed by atoms with Gasteiger partial charge in [0.05, 0.1) is 6.54 Å². The first-order valence-corrected chi connectivity index (χ1v) is 7.05. The molecule has 0 radical (unpaired) electrons. The molecule has 0 bridgehead atoms. The summed E-state index contributed by atoms with van der Waals surface area (Å²) >= 11 is 0. The molecule has 2 rings (SSSR count). The van der Waals surface area contributed by atoms with Crippen molar-refractivity contribution in [3.63, 3.8) is 0 Å². The Morgan fingerprint density at radius 1 is 1.42 bits per heavy atom. The molecule has 19 heavy (non-hydrogen) atoms. The molecule has 0 saturated carbocycles. The lowest BCUT2D eigenvalue weighted by Crippen LogP contribution is -2.25. The van der Waals surface area contributed by atoms with Crippen LogP contribution in [0.25, 0.3) is 0 Å². The molecule has 0 unspecified atom stereocenters. The highest BCUT2D eigenvalue weighted by atomic mass is 16.5. The largest absolute Gasteiger partial charge is 0.381 e. The van der Waals surface area contributed by atoms with Crippen molar-refractivity contribution >= 4 is 5.82 Å². The fraction of sp³-hybridized carbons (Fsp3) is 0.714. The predicted octanol–water partition coefficient (Wildman–Crippen LogP) is 1.45. The molecule has 1 N–H and O–H groups in total. The molecule has 1 aliphatic rings. The van der Waals surface area contributed by atoms with E-state index in [1.165, 1.54) is 19.3 Å². The average Bonchev–Trinajstić information content (AvgIpc) is 2.46. The van der Waals surface area contributed by atoms with Crippen LogP contribution in [0.5, 0.6) is 0 Å². The number of aromatic nitrogens is 2. The van der Waals surface area contributed by atoms with Crippen molar-refractivity contribution in [1.82, 2.24) is 15.3 Å². The quantitative estimate of drug-likeness (QED) is 0.843. The Hall–Kier alpha value is -1.20. The van der Waals surface area contributed by atoms with Gasteiger partial charge in [-0.3, -0.25) is 0 Å². The highest BCUT2D eigenvalue weighted by Crippen LogP contribution is 2.19. The van der Waals surface area contributed by atoms with Gasteiger partial charge >= 0.3 is 0 Å². The second-order valence-corrected chi connectivity index (χ2v) is 5.13. The van der Waals surface area contributed by atoms with E-state index in [4.69, 9.17) is 4.74 Å². The third kappa shape index (κ3) is 4.44. The molecule has 1 aromatic heterocycles. The molecular weight excluding hydrogens is 240 g/mol. The van der Waals surface area contributed by atoms with Crippen LogP contribution in [0.15, 0.2) is 12.3 Å². The van der Waals surface area contributed by atoms with E-state index in [9.17, 15) is 0 Å². The summed E-state index contributed by atoms with van der Waals surface area (Å²) in [6, 6.07) is 1.98. The summed E-state index contributed by atoms with van der Waals surface area (Å²) in [6.45, 7) is 3.60. The fourth-order valence-electron chi connectivity index (χ4n) is 2.37. The maximum absolute atomic E-state index is 5.39. The Balaban J connectivity index is 1.84. The van der Waals surface area contributed by atoms with E-state index in [2.05, 4.69) is 27.2 Å². The standard InChI is InChI=1S/C14H24N4O/c1-15-11-13-16-7-3-14(17-13)18(2)8-4-12-5-9-19-10-6-12/h3,7,12,15H,4-6,8-11H2,1-2H3. The Kier molecular flexibility index (Phi) is 5.54. The van der Waals surface area contributed by atoms with Gasteiger partial charge in [-0.15, -0.1) is 0 Å². The van der Waals surface area contributed by atoms with Crippen LogP contribution < -0.4 is 10.2 Å². The van der Waals surface area contributed by atoms with Gasteiger partial charge in [0.15, 0.2) is 0 Å². The second-order valence-electron chi connectivity index (χ2n) is 5.13. The summed E-state index contributed by atoms with van der Waals surface area (Å²) < 4.78 is 5.39. The van der Waals surface area contributed by atoms with E-state index in [1.807, 2.05) is 19.3 Å². The third-order valence-corrected chi connectivity index (χ3v) is 3.63.